The standard InChI is InChI=1S/C13H15NO2/c1-4-6-7-11(5-2)14-13(15)12-8-9-16-10(12)3/h4-9H,1H2,2-3H3,(H,14,15)/b7-6-,11-5+. The lowest BCUT2D eigenvalue weighted by Gasteiger charge is -2.04. The average Bonchev–Trinajstić information content (AvgIpc) is 2.70. The highest BCUT2D eigenvalue weighted by Crippen LogP contribution is 2.09. The van der Waals surface area contributed by atoms with Crippen LogP contribution in [0.15, 0.2) is 53.3 Å². The van der Waals surface area contributed by atoms with Crippen LogP contribution in [0.4, 0.5) is 0 Å². The molecule has 0 saturated heterocycles. The van der Waals surface area contributed by atoms with E-state index in [0.717, 1.165) is 5.70 Å². The minimum absolute atomic E-state index is 0.173. The van der Waals surface area contributed by atoms with Gasteiger partial charge in [-0.15, -0.1) is 0 Å². The second kappa shape index (κ2) is 5.75. The molecule has 0 aliphatic carbocycles. The van der Waals surface area contributed by atoms with Crippen molar-refractivity contribution in [3.63, 3.8) is 0 Å². The Morgan fingerprint density at radius 2 is 2.31 bits per heavy atom. The van der Waals surface area contributed by atoms with Crippen LogP contribution in [0.1, 0.15) is 23.0 Å². The first-order chi connectivity index (χ1) is 7.69. The lowest BCUT2D eigenvalue weighted by Crippen LogP contribution is -2.21. The fraction of sp³-hybridized carbons (Fsp3) is 0.154. The molecule has 1 amide bonds. The molecule has 0 aliphatic rings. The van der Waals surface area contributed by atoms with Crippen molar-refractivity contribution in [3.05, 3.63) is 60.2 Å². The normalized spacial score (nSPS) is 11.8. The second-order valence-electron chi connectivity index (χ2n) is 3.18. The number of aryl methyl sites for hydroxylation is 1. The molecule has 0 aliphatic heterocycles. The highest BCUT2D eigenvalue weighted by molar-refractivity contribution is 5.96. The van der Waals surface area contributed by atoms with Crippen LogP contribution in [0, 0.1) is 6.92 Å². The van der Waals surface area contributed by atoms with Crippen LogP contribution in [0.25, 0.3) is 0 Å². The van der Waals surface area contributed by atoms with E-state index in [4.69, 9.17) is 4.42 Å². The molecule has 1 N–H and O–H groups in total. The third kappa shape index (κ3) is 2.98. The quantitative estimate of drug-likeness (QED) is 0.788. The summed E-state index contributed by atoms with van der Waals surface area (Å²) in [5, 5.41) is 2.77. The third-order valence-corrected chi connectivity index (χ3v) is 2.08. The van der Waals surface area contributed by atoms with Crippen molar-refractivity contribution in [1.29, 1.82) is 0 Å². The van der Waals surface area contributed by atoms with Crippen molar-refractivity contribution < 1.29 is 9.21 Å². The Bertz CT molecular complexity index is 439. The zero-order valence-electron chi connectivity index (χ0n) is 9.49. The summed E-state index contributed by atoms with van der Waals surface area (Å²) in [5.41, 5.74) is 1.27. The zero-order valence-corrected chi connectivity index (χ0v) is 9.49. The van der Waals surface area contributed by atoms with Gasteiger partial charge < -0.3 is 9.73 Å². The van der Waals surface area contributed by atoms with Gasteiger partial charge in [0.15, 0.2) is 0 Å². The molecule has 1 aromatic heterocycles. The summed E-state index contributed by atoms with van der Waals surface area (Å²) >= 11 is 0. The molecule has 0 bridgehead atoms. The Morgan fingerprint density at radius 1 is 1.56 bits per heavy atom. The molecule has 0 aromatic carbocycles. The summed E-state index contributed by atoms with van der Waals surface area (Å²) in [6.07, 6.45) is 8.50. The Labute approximate surface area is 95.2 Å². The first-order valence-electron chi connectivity index (χ1n) is 5.00. The maximum absolute atomic E-state index is 11.8. The van der Waals surface area contributed by atoms with Crippen LogP contribution >= 0.6 is 0 Å². The van der Waals surface area contributed by atoms with Gasteiger partial charge in [-0.3, -0.25) is 4.79 Å². The molecular formula is C13H15NO2. The number of nitrogens with one attached hydrogen (secondary N) is 1. The Hall–Kier alpha value is -2.03. The average molecular weight is 217 g/mol. The van der Waals surface area contributed by atoms with Crippen LogP contribution in [0.2, 0.25) is 0 Å². The first-order valence-corrected chi connectivity index (χ1v) is 5.00. The van der Waals surface area contributed by atoms with Crippen molar-refractivity contribution in [1.82, 2.24) is 5.32 Å². The summed E-state index contributed by atoms with van der Waals surface area (Å²) in [6.45, 7) is 7.17. The Kier molecular flexibility index (Phi) is 4.33. The first kappa shape index (κ1) is 12.0. The lowest BCUT2D eigenvalue weighted by atomic mass is 10.2. The fourth-order valence-corrected chi connectivity index (χ4v) is 1.20. The fourth-order valence-electron chi connectivity index (χ4n) is 1.20. The molecule has 16 heavy (non-hydrogen) atoms. The van der Waals surface area contributed by atoms with Crippen molar-refractivity contribution >= 4 is 5.91 Å². The molecule has 0 unspecified atom stereocenters. The maximum atomic E-state index is 11.8. The van der Waals surface area contributed by atoms with Crippen molar-refractivity contribution in [2.75, 3.05) is 0 Å². The van der Waals surface area contributed by atoms with Gasteiger partial charge in [0.2, 0.25) is 0 Å². The molecule has 1 rings (SSSR count). The molecule has 3 nitrogen and oxygen atoms in total. The van der Waals surface area contributed by atoms with Gasteiger partial charge in [0, 0.05) is 5.70 Å². The largest absolute Gasteiger partial charge is 0.469 e. The predicted octanol–water partition coefficient (Wildman–Crippen LogP) is 2.96. The summed E-state index contributed by atoms with van der Waals surface area (Å²) in [6, 6.07) is 1.65. The lowest BCUT2D eigenvalue weighted by molar-refractivity contribution is 0.0965. The number of allylic oxidation sites excluding steroid dienone is 4. The van der Waals surface area contributed by atoms with E-state index in [1.165, 1.54) is 6.26 Å². The minimum Gasteiger partial charge on any atom is -0.469 e. The van der Waals surface area contributed by atoms with Crippen LogP contribution in [0.5, 0.6) is 0 Å². The monoisotopic (exact) mass is 217 g/mol. The number of amides is 1. The molecule has 0 spiro atoms. The number of rotatable bonds is 4. The summed E-state index contributed by atoms with van der Waals surface area (Å²) in [4.78, 5) is 11.8. The van der Waals surface area contributed by atoms with E-state index >= 15 is 0 Å². The van der Waals surface area contributed by atoms with E-state index in [2.05, 4.69) is 11.9 Å². The maximum Gasteiger partial charge on any atom is 0.259 e. The molecule has 3 heteroatoms. The van der Waals surface area contributed by atoms with Crippen molar-refractivity contribution in [2.24, 2.45) is 0 Å². The van der Waals surface area contributed by atoms with Gasteiger partial charge in [0.1, 0.15) is 5.76 Å². The highest BCUT2D eigenvalue weighted by atomic mass is 16.3. The Balaban J connectivity index is 2.74. The van der Waals surface area contributed by atoms with E-state index in [9.17, 15) is 4.79 Å². The van der Waals surface area contributed by atoms with E-state index in [0.29, 0.717) is 11.3 Å². The molecule has 1 aromatic rings. The van der Waals surface area contributed by atoms with E-state index in [1.54, 1.807) is 31.2 Å². The van der Waals surface area contributed by atoms with Crippen LogP contribution in [0.3, 0.4) is 0 Å². The number of carbonyl (C=O) groups is 1. The van der Waals surface area contributed by atoms with Gasteiger partial charge in [-0.1, -0.05) is 24.8 Å². The topological polar surface area (TPSA) is 42.2 Å². The summed E-state index contributed by atoms with van der Waals surface area (Å²) < 4.78 is 5.07. The number of carbonyl (C=O) groups excluding carboxylic acids is 1. The summed E-state index contributed by atoms with van der Waals surface area (Å²) in [7, 11) is 0. The second-order valence-corrected chi connectivity index (χ2v) is 3.18. The van der Waals surface area contributed by atoms with Crippen molar-refractivity contribution in [3.8, 4) is 0 Å². The zero-order chi connectivity index (χ0) is 12.0. The molecule has 84 valence electrons. The molecular weight excluding hydrogens is 202 g/mol. The van der Waals surface area contributed by atoms with E-state index < -0.39 is 0 Å². The number of furan rings is 1. The molecule has 1 heterocycles. The highest BCUT2D eigenvalue weighted by Gasteiger charge is 2.11. The van der Waals surface area contributed by atoms with Gasteiger partial charge in [0.25, 0.3) is 5.91 Å². The molecule has 0 fully saturated rings. The van der Waals surface area contributed by atoms with Crippen molar-refractivity contribution in [2.45, 2.75) is 13.8 Å². The van der Waals surface area contributed by atoms with Gasteiger partial charge in [-0.25, -0.2) is 0 Å². The van der Waals surface area contributed by atoms with Crippen LogP contribution in [-0.2, 0) is 0 Å². The van der Waals surface area contributed by atoms with E-state index in [-0.39, 0.29) is 5.91 Å². The van der Waals surface area contributed by atoms with Gasteiger partial charge >= 0.3 is 0 Å². The van der Waals surface area contributed by atoms with Gasteiger partial charge in [-0.2, -0.15) is 0 Å². The predicted molar refractivity (Wildman–Crippen MR) is 64.0 cm³/mol. The molecule has 0 saturated carbocycles. The number of hydrogen-bond donors (Lipinski definition) is 1. The summed E-state index contributed by atoms with van der Waals surface area (Å²) in [5.74, 6) is 0.439. The van der Waals surface area contributed by atoms with Crippen LogP contribution in [-0.4, -0.2) is 5.91 Å². The molecule has 0 radical (unpaired) electrons. The molecule has 0 atom stereocenters. The van der Waals surface area contributed by atoms with Gasteiger partial charge in [0.05, 0.1) is 11.8 Å². The third-order valence-electron chi connectivity index (χ3n) is 2.08. The van der Waals surface area contributed by atoms with Gasteiger partial charge in [-0.05, 0) is 26.0 Å². The Morgan fingerprint density at radius 3 is 2.81 bits per heavy atom. The number of hydrogen-bond acceptors (Lipinski definition) is 2. The SMILES string of the molecule is C=C/C=C\C(=C/C)NC(=O)c1ccoc1C. The van der Waals surface area contributed by atoms with E-state index in [1.807, 2.05) is 13.0 Å². The minimum atomic E-state index is -0.173. The van der Waals surface area contributed by atoms with Crippen LogP contribution < -0.4 is 5.32 Å². The smallest absolute Gasteiger partial charge is 0.259 e.